The standard InChI is InChI=1S/C12H7BrF3NO2S/c13-7-4-10(15)12(11(16)5-7)17-20(18,19)9-3-1-2-8(14)6-9/h1-6,17H. The number of hydrogen-bond donors (Lipinski definition) is 1. The Morgan fingerprint density at radius 1 is 1.00 bits per heavy atom. The summed E-state index contributed by atoms with van der Waals surface area (Å²) in [6.45, 7) is 0. The summed E-state index contributed by atoms with van der Waals surface area (Å²) in [4.78, 5) is -0.431. The molecule has 0 aliphatic carbocycles. The molecule has 0 amide bonds. The lowest BCUT2D eigenvalue weighted by molar-refractivity contribution is 0.580. The molecule has 0 aromatic heterocycles. The Labute approximate surface area is 121 Å². The van der Waals surface area contributed by atoms with Gasteiger partial charge in [-0.25, -0.2) is 21.6 Å². The van der Waals surface area contributed by atoms with Crippen LogP contribution in [0.5, 0.6) is 0 Å². The molecule has 0 unspecified atom stereocenters. The molecule has 0 aliphatic heterocycles. The van der Waals surface area contributed by atoms with Gasteiger partial charge < -0.3 is 0 Å². The quantitative estimate of drug-likeness (QED) is 0.901. The van der Waals surface area contributed by atoms with Crippen LogP contribution in [-0.4, -0.2) is 8.42 Å². The maximum absolute atomic E-state index is 13.6. The highest BCUT2D eigenvalue weighted by Crippen LogP contribution is 2.26. The molecular formula is C12H7BrF3NO2S. The predicted molar refractivity (Wildman–Crippen MR) is 71.3 cm³/mol. The highest BCUT2D eigenvalue weighted by atomic mass is 79.9. The highest BCUT2D eigenvalue weighted by Gasteiger charge is 2.20. The van der Waals surface area contributed by atoms with Crippen molar-refractivity contribution in [3.8, 4) is 0 Å². The average molecular weight is 366 g/mol. The summed E-state index contributed by atoms with van der Waals surface area (Å²) in [6.07, 6.45) is 0. The van der Waals surface area contributed by atoms with Crippen LogP contribution in [0.1, 0.15) is 0 Å². The van der Waals surface area contributed by atoms with E-state index in [2.05, 4.69) is 15.9 Å². The van der Waals surface area contributed by atoms with Gasteiger partial charge in [-0.05, 0) is 30.3 Å². The van der Waals surface area contributed by atoms with Crippen molar-refractivity contribution in [3.63, 3.8) is 0 Å². The lowest BCUT2D eigenvalue weighted by Gasteiger charge is -2.10. The first-order chi connectivity index (χ1) is 9.29. The van der Waals surface area contributed by atoms with Gasteiger partial charge in [0.15, 0.2) is 11.6 Å². The summed E-state index contributed by atoms with van der Waals surface area (Å²) < 4.78 is 65.9. The fourth-order valence-corrected chi connectivity index (χ4v) is 2.98. The first kappa shape index (κ1) is 14.9. The van der Waals surface area contributed by atoms with E-state index in [4.69, 9.17) is 0 Å². The van der Waals surface area contributed by atoms with Gasteiger partial charge in [0.05, 0.1) is 4.90 Å². The van der Waals surface area contributed by atoms with Gasteiger partial charge in [0.25, 0.3) is 10.0 Å². The number of hydrogen-bond acceptors (Lipinski definition) is 2. The number of benzene rings is 2. The molecule has 0 radical (unpaired) electrons. The maximum atomic E-state index is 13.6. The minimum absolute atomic E-state index is 0.126. The second-order valence-electron chi connectivity index (χ2n) is 3.81. The van der Waals surface area contributed by atoms with Crippen LogP contribution in [0.2, 0.25) is 0 Å². The first-order valence-electron chi connectivity index (χ1n) is 5.22. The van der Waals surface area contributed by atoms with E-state index >= 15 is 0 Å². The number of halogens is 4. The van der Waals surface area contributed by atoms with Crippen LogP contribution in [0.15, 0.2) is 45.8 Å². The van der Waals surface area contributed by atoms with Gasteiger partial charge in [-0.1, -0.05) is 22.0 Å². The molecule has 2 aromatic rings. The molecule has 0 fully saturated rings. The largest absolute Gasteiger partial charge is 0.274 e. The van der Waals surface area contributed by atoms with E-state index in [-0.39, 0.29) is 4.47 Å². The van der Waals surface area contributed by atoms with Crippen LogP contribution < -0.4 is 4.72 Å². The molecule has 0 bridgehead atoms. The Hall–Kier alpha value is -1.54. The van der Waals surface area contributed by atoms with Gasteiger partial charge in [-0.3, -0.25) is 4.72 Å². The Bertz CT molecular complexity index is 742. The maximum Gasteiger partial charge on any atom is 0.262 e. The van der Waals surface area contributed by atoms with Crippen LogP contribution in [-0.2, 0) is 10.0 Å². The molecular weight excluding hydrogens is 359 g/mol. The van der Waals surface area contributed by atoms with Gasteiger partial charge >= 0.3 is 0 Å². The topological polar surface area (TPSA) is 46.2 Å². The van der Waals surface area contributed by atoms with Crippen LogP contribution in [0, 0.1) is 17.5 Å². The fraction of sp³-hybridized carbons (Fsp3) is 0. The smallest absolute Gasteiger partial charge is 0.262 e. The predicted octanol–water partition coefficient (Wildman–Crippen LogP) is 3.67. The molecule has 0 atom stereocenters. The normalized spacial score (nSPS) is 11.4. The summed E-state index contributed by atoms with van der Waals surface area (Å²) in [7, 11) is -4.28. The second kappa shape index (κ2) is 5.45. The SMILES string of the molecule is O=S(=O)(Nc1c(F)cc(Br)cc1F)c1cccc(F)c1. The van der Waals surface area contributed by atoms with Crippen molar-refractivity contribution in [2.45, 2.75) is 4.90 Å². The van der Waals surface area contributed by atoms with Crippen LogP contribution >= 0.6 is 15.9 Å². The lowest BCUT2D eigenvalue weighted by atomic mass is 10.3. The van der Waals surface area contributed by atoms with Gasteiger partial charge in [0.2, 0.25) is 0 Å². The van der Waals surface area contributed by atoms with E-state index in [1.807, 2.05) is 0 Å². The monoisotopic (exact) mass is 365 g/mol. The Kier molecular flexibility index (Phi) is 4.05. The molecule has 8 heteroatoms. The fourth-order valence-electron chi connectivity index (χ4n) is 1.47. The van der Waals surface area contributed by atoms with E-state index in [9.17, 15) is 21.6 Å². The highest BCUT2D eigenvalue weighted by molar-refractivity contribution is 9.10. The third-order valence-electron chi connectivity index (χ3n) is 2.35. The van der Waals surface area contributed by atoms with E-state index in [0.717, 1.165) is 30.3 Å². The molecule has 0 aliphatic rings. The summed E-state index contributed by atoms with van der Waals surface area (Å²) in [5, 5.41) is 0. The third-order valence-corrected chi connectivity index (χ3v) is 4.15. The molecule has 20 heavy (non-hydrogen) atoms. The van der Waals surface area contributed by atoms with Gasteiger partial charge in [0.1, 0.15) is 11.5 Å². The van der Waals surface area contributed by atoms with E-state index in [1.54, 1.807) is 4.72 Å². The summed E-state index contributed by atoms with van der Waals surface area (Å²) in [5.41, 5.74) is -0.822. The van der Waals surface area contributed by atoms with E-state index in [1.165, 1.54) is 6.07 Å². The summed E-state index contributed by atoms with van der Waals surface area (Å²) in [5.74, 6) is -2.95. The van der Waals surface area contributed by atoms with Crippen molar-refractivity contribution in [1.29, 1.82) is 0 Å². The van der Waals surface area contributed by atoms with Gasteiger partial charge in [0, 0.05) is 4.47 Å². The number of anilines is 1. The zero-order chi connectivity index (χ0) is 14.9. The average Bonchev–Trinajstić information content (AvgIpc) is 2.34. The molecule has 2 aromatic carbocycles. The Balaban J connectivity index is 2.44. The zero-order valence-corrected chi connectivity index (χ0v) is 12.1. The Morgan fingerprint density at radius 3 is 2.15 bits per heavy atom. The van der Waals surface area contributed by atoms with Crippen LogP contribution in [0.25, 0.3) is 0 Å². The molecule has 0 saturated carbocycles. The second-order valence-corrected chi connectivity index (χ2v) is 6.41. The number of sulfonamides is 1. The van der Waals surface area contributed by atoms with Crippen molar-refractivity contribution in [3.05, 3.63) is 58.3 Å². The minimum Gasteiger partial charge on any atom is -0.274 e. The number of nitrogens with one attached hydrogen (secondary N) is 1. The molecule has 0 saturated heterocycles. The summed E-state index contributed by atoms with van der Waals surface area (Å²) >= 11 is 2.87. The Morgan fingerprint density at radius 2 is 1.60 bits per heavy atom. The molecule has 1 N–H and O–H groups in total. The van der Waals surface area contributed by atoms with E-state index < -0.39 is 38.1 Å². The molecule has 3 nitrogen and oxygen atoms in total. The van der Waals surface area contributed by atoms with Crippen molar-refractivity contribution >= 4 is 31.6 Å². The lowest BCUT2D eigenvalue weighted by Crippen LogP contribution is -2.15. The van der Waals surface area contributed by atoms with Crippen molar-refractivity contribution in [2.24, 2.45) is 0 Å². The molecule has 106 valence electrons. The van der Waals surface area contributed by atoms with Crippen molar-refractivity contribution < 1.29 is 21.6 Å². The third kappa shape index (κ3) is 3.13. The summed E-state index contributed by atoms with van der Waals surface area (Å²) in [6, 6.07) is 5.91. The molecule has 2 rings (SSSR count). The molecule has 0 spiro atoms. The van der Waals surface area contributed by atoms with Gasteiger partial charge in [-0.2, -0.15) is 0 Å². The van der Waals surface area contributed by atoms with Crippen LogP contribution in [0.4, 0.5) is 18.9 Å². The van der Waals surface area contributed by atoms with E-state index in [0.29, 0.717) is 0 Å². The number of rotatable bonds is 3. The zero-order valence-electron chi connectivity index (χ0n) is 9.70. The van der Waals surface area contributed by atoms with Crippen molar-refractivity contribution in [2.75, 3.05) is 4.72 Å². The van der Waals surface area contributed by atoms with Crippen molar-refractivity contribution in [1.82, 2.24) is 0 Å². The first-order valence-corrected chi connectivity index (χ1v) is 7.50. The minimum atomic E-state index is -4.28. The molecule has 0 heterocycles. The van der Waals surface area contributed by atoms with Crippen LogP contribution in [0.3, 0.4) is 0 Å². The van der Waals surface area contributed by atoms with Gasteiger partial charge in [-0.15, -0.1) is 0 Å².